The molecule has 1 aromatic heterocycles. The highest BCUT2D eigenvalue weighted by Gasteiger charge is 2.04. The van der Waals surface area contributed by atoms with Gasteiger partial charge in [0.05, 0.1) is 6.61 Å². The van der Waals surface area contributed by atoms with Gasteiger partial charge in [-0.25, -0.2) is 9.97 Å². The summed E-state index contributed by atoms with van der Waals surface area (Å²) in [5.74, 6) is 2.51. The molecule has 4 nitrogen and oxygen atoms in total. The van der Waals surface area contributed by atoms with Crippen molar-refractivity contribution in [2.45, 2.75) is 78.2 Å². The standard InChI is InChI=1S/C29H38N2O2/c1-3-5-7-8-9-10-20-32-27-16-12-24(13-17-27)23-33-28-18-14-26(15-19-28)29-30-21-25(22-31-29)11-6-4-2/h12-19,21-22H,3-11,20,23H2,1-2H3. The molecule has 1 heterocycles. The van der Waals surface area contributed by atoms with Crippen molar-refractivity contribution < 1.29 is 9.47 Å². The van der Waals surface area contributed by atoms with Crippen molar-refractivity contribution >= 4 is 0 Å². The average Bonchev–Trinajstić information content (AvgIpc) is 2.87. The first-order chi connectivity index (χ1) is 16.3. The molecular formula is C29H38N2O2. The summed E-state index contributed by atoms with van der Waals surface area (Å²) in [5, 5.41) is 0. The fourth-order valence-electron chi connectivity index (χ4n) is 3.64. The topological polar surface area (TPSA) is 44.2 Å². The molecule has 0 unspecified atom stereocenters. The molecule has 0 saturated heterocycles. The minimum atomic E-state index is 0.527. The molecule has 176 valence electrons. The Bertz CT molecular complexity index is 906. The van der Waals surface area contributed by atoms with E-state index in [4.69, 9.17) is 9.47 Å². The van der Waals surface area contributed by atoms with E-state index < -0.39 is 0 Å². The van der Waals surface area contributed by atoms with Crippen molar-refractivity contribution in [2.24, 2.45) is 0 Å². The highest BCUT2D eigenvalue weighted by Crippen LogP contribution is 2.21. The lowest BCUT2D eigenvalue weighted by molar-refractivity contribution is 0.300. The summed E-state index contributed by atoms with van der Waals surface area (Å²) in [6.07, 6.45) is 14.9. The Labute approximate surface area is 199 Å². The molecule has 3 aromatic rings. The Hall–Kier alpha value is -2.88. The largest absolute Gasteiger partial charge is 0.494 e. The van der Waals surface area contributed by atoms with Crippen LogP contribution in [0, 0.1) is 0 Å². The average molecular weight is 447 g/mol. The SMILES string of the molecule is CCCCCCCCOc1ccc(COc2ccc(-c3ncc(CCCC)cn3)cc2)cc1. The van der Waals surface area contributed by atoms with Gasteiger partial charge in [0.1, 0.15) is 18.1 Å². The first-order valence-corrected chi connectivity index (χ1v) is 12.5. The number of ether oxygens (including phenoxy) is 2. The summed E-state index contributed by atoms with van der Waals surface area (Å²) < 4.78 is 11.8. The lowest BCUT2D eigenvalue weighted by Crippen LogP contribution is -1.99. The number of benzene rings is 2. The van der Waals surface area contributed by atoms with Gasteiger partial charge in [0.2, 0.25) is 0 Å². The number of aromatic nitrogens is 2. The summed E-state index contributed by atoms with van der Waals surface area (Å²) in [6, 6.07) is 16.2. The zero-order valence-corrected chi connectivity index (χ0v) is 20.3. The molecule has 0 aliphatic heterocycles. The summed E-state index contributed by atoms with van der Waals surface area (Å²) in [6.45, 7) is 5.76. The van der Waals surface area contributed by atoms with Crippen molar-refractivity contribution in [3.8, 4) is 22.9 Å². The lowest BCUT2D eigenvalue weighted by atomic mass is 10.1. The minimum absolute atomic E-state index is 0.527. The van der Waals surface area contributed by atoms with E-state index in [1.165, 1.54) is 50.5 Å². The van der Waals surface area contributed by atoms with Crippen LogP contribution in [0.15, 0.2) is 60.9 Å². The predicted octanol–water partition coefficient (Wildman–Crippen LogP) is 7.80. The van der Waals surface area contributed by atoms with E-state index in [0.29, 0.717) is 6.61 Å². The van der Waals surface area contributed by atoms with Crippen LogP contribution in [0.3, 0.4) is 0 Å². The molecule has 0 radical (unpaired) electrons. The third-order valence-corrected chi connectivity index (χ3v) is 5.73. The molecule has 3 rings (SSSR count). The Morgan fingerprint density at radius 1 is 0.606 bits per heavy atom. The third-order valence-electron chi connectivity index (χ3n) is 5.73. The summed E-state index contributed by atoms with van der Waals surface area (Å²) >= 11 is 0. The maximum atomic E-state index is 5.95. The van der Waals surface area contributed by atoms with E-state index >= 15 is 0 Å². The lowest BCUT2D eigenvalue weighted by Gasteiger charge is -2.09. The van der Waals surface area contributed by atoms with Crippen LogP contribution >= 0.6 is 0 Å². The Morgan fingerprint density at radius 2 is 1.21 bits per heavy atom. The maximum absolute atomic E-state index is 5.95. The number of hydrogen-bond acceptors (Lipinski definition) is 4. The minimum Gasteiger partial charge on any atom is -0.494 e. The Morgan fingerprint density at radius 3 is 1.91 bits per heavy atom. The normalized spacial score (nSPS) is 10.8. The number of unbranched alkanes of at least 4 members (excludes halogenated alkanes) is 6. The van der Waals surface area contributed by atoms with Gasteiger partial charge < -0.3 is 9.47 Å². The van der Waals surface area contributed by atoms with Gasteiger partial charge in [0.15, 0.2) is 5.82 Å². The van der Waals surface area contributed by atoms with E-state index in [9.17, 15) is 0 Å². The number of nitrogens with zero attached hydrogens (tertiary/aromatic N) is 2. The van der Waals surface area contributed by atoms with E-state index in [0.717, 1.165) is 47.9 Å². The zero-order chi connectivity index (χ0) is 23.1. The van der Waals surface area contributed by atoms with Crippen LogP contribution in [0.25, 0.3) is 11.4 Å². The Kier molecular flexibility index (Phi) is 10.7. The van der Waals surface area contributed by atoms with Crippen LogP contribution in [0.2, 0.25) is 0 Å². The molecule has 0 spiro atoms. The molecule has 4 heteroatoms. The summed E-state index contributed by atoms with van der Waals surface area (Å²) in [4.78, 5) is 9.03. The Balaban J connectivity index is 1.40. The van der Waals surface area contributed by atoms with Gasteiger partial charge in [-0.15, -0.1) is 0 Å². The first-order valence-electron chi connectivity index (χ1n) is 12.5. The molecule has 0 aliphatic rings. The van der Waals surface area contributed by atoms with Crippen molar-refractivity contribution in [2.75, 3.05) is 6.61 Å². The van der Waals surface area contributed by atoms with Crippen LogP contribution < -0.4 is 9.47 Å². The summed E-state index contributed by atoms with van der Waals surface area (Å²) in [7, 11) is 0. The van der Waals surface area contributed by atoms with Gasteiger partial charge in [0.25, 0.3) is 0 Å². The van der Waals surface area contributed by atoms with E-state index in [-0.39, 0.29) is 0 Å². The van der Waals surface area contributed by atoms with Gasteiger partial charge in [-0.05, 0) is 66.8 Å². The third kappa shape index (κ3) is 8.88. The molecule has 0 bridgehead atoms. The summed E-state index contributed by atoms with van der Waals surface area (Å²) in [5.41, 5.74) is 3.31. The number of hydrogen-bond donors (Lipinski definition) is 0. The van der Waals surface area contributed by atoms with E-state index in [1.54, 1.807) is 0 Å². The molecule has 0 fully saturated rings. The van der Waals surface area contributed by atoms with Crippen molar-refractivity contribution in [3.05, 3.63) is 72.1 Å². The quantitative estimate of drug-likeness (QED) is 0.223. The molecule has 0 atom stereocenters. The smallest absolute Gasteiger partial charge is 0.159 e. The van der Waals surface area contributed by atoms with E-state index in [1.807, 2.05) is 48.8 Å². The first kappa shape index (κ1) is 24.8. The molecular weight excluding hydrogens is 408 g/mol. The molecule has 0 N–H and O–H groups in total. The van der Waals surface area contributed by atoms with Gasteiger partial charge >= 0.3 is 0 Å². The molecule has 2 aromatic carbocycles. The molecule has 0 amide bonds. The predicted molar refractivity (Wildman–Crippen MR) is 136 cm³/mol. The van der Waals surface area contributed by atoms with Crippen LogP contribution in [-0.4, -0.2) is 16.6 Å². The zero-order valence-electron chi connectivity index (χ0n) is 20.3. The fourth-order valence-corrected chi connectivity index (χ4v) is 3.64. The number of rotatable bonds is 15. The van der Waals surface area contributed by atoms with Gasteiger partial charge in [-0.1, -0.05) is 64.5 Å². The van der Waals surface area contributed by atoms with Crippen LogP contribution in [0.1, 0.15) is 76.3 Å². The second-order valence-corrected chi connectivity index (χ2v) is 8.59. The fraction of sp³-hybridized carbons (Fsp3) is 0.448. The van der Waals surface area contributed by atoms with Gasteiger partial charge in [-0.2, -0.15) is 0 Å². The molecule has 0 saturated carbocycles. The van der Waals surface area contributed by atoms with Crippen molar-refractivity contribution in [3.63, 3.8) is 0 Å². The maximum Gasteiger partial charge on any atom is 0.159 e. The monoisotopic (exact) mass is 446 g/mol. The molecule has 0 aliphatic carbocycles. The number of aryl methyl sites for hydroxylation is 1. The van der Waals surface area contributed by atoms with Crippen LogP contribution in [0.5, 0.6) is 11.5 Å². The van der Waals surface area contributed by atoms with Crippen molar-refractivity contribution in [1.82, 2.24) is 9.97 Å². The van der Waals surface area contributed by atoms with E-state index in [2.05, 4.69) is 35.9 Å². The van der Waals surface area contributed by atoms with Gasteiger partial charge in [-0.3, -0.25) is 0 Å². The van der Waals surface area contributed by atoms with Crippen molar-refractivity contribution in [1.29, 1.82) is 0 Å². The highest BCUT2D eigenvalue weighted by molar-refractivity contribution is 5.55. The second-order valence-electron chi connectivity index (χ2n) is 8.59. The molecule has 33 heavy (non-hydrogen) atoms. The highest BCUT2D eigenvalue weighted by atomic mass is 16.5. The van der Waals surface area contributed by atoms with Crippen LogP contribution in [-0.2, 0) is 13.0 Å². The van der Waals surface area contributed by atoms with Crippen LogP contribution in [0.4, 0.5) is 0 Å². The van der Waals surface area contributed by atoms with Gasteiger partial charge in [0, 0.05) is 18.0 Å². The second kappa shape index (κ2) is 14.3.